The number of fused-ring (bicyclic) bond motifs is 1. The molecule has 2 aromatic rings. The lowest BCUT2D eigenvalue weighted by Gasteiger charge is -1.97. The van der Waals surface area contributed by atoms with Gasteiger partial charge in [0.2, 0.25) is 0 Å². The van der Waals surface area contributed by atoms with E-state index in [9.17, 15) is 4.79 Å². The van der Waals surface area contributed by atoms with Crippen molar-refractivity contribution in [2.24, 2.45) is 0 Å². The first-order chi connectivity index (χ1) is 6.92. The molecule has 1 heterocycles. The normalized spacial score (nSPS) is 9.14. The Morgan fingerprint density at radius 2 is 2.07 bits per heavy atom. The summed E-state index contributed by atoms with van der Waals surface area (Å²) in [4.78, 5) is 14.2. The van der Waals surface area contributed by atoms with Gasteiger partial charge < -0.3 is 0 Å². The van der Waals surface area contributed by atoms with Crippen LogP contribution in [0.5, 0.6) is 0 Å². The zero-order valence-electron chi connectivity index (χ0n) is 7.40. The van der Waals surface area contributed by atoms with Crippen LogP contribution in [0.3, 0.4) is 0 Å². The van der Waals surface area contributed by atoms with Crippen molar-refractivity contribution < 1.29 is 4.79 Å². The van der Waals surface area contributed by atoms with Crippen LogP contribution in [-0.2, 0) is 4.79 Å². The van der Waals surface area contributed by atoms with Gasteiger partial charge in [0.05, 0.1) is 5.56 Å². The van der Waals surface area contributed by atoms with Crippen molar-refractivity contribution in [3.05, 3.63) is 42.2 Å². The van der Waals surface area contributed by atoms with Gasteiger partial charge in [0.1, 0.15) is 0 Å². The summed E-state index contributed by atoms with van der Waals surface area (Å²) in [5, 5.41) is 2.06. The molecule has 0 saturated carbocycles. The number of carbonyl (C=O) groups is 1. The van der Waals surface area contributed by atoms with Crippen LogP contribution in [0.2, 0.25) is 0 Å². The highest BCUT2D eigenvalue weighted by Gasteiger charge is 1.96. The number of pyridine rings is 1. The molecule has 0 amide bonds. The van der Waals surface area contributed by atoms with Crippen molar-refractivity contribution in [2.75, 3.05) is 0 Å². The van der Waals surface area contributed by atoms with Crippen molar-refractivity contribution in [3.8, 4) is 11.8 Å². The fourth-order valence-corrected chi connectivity index (χ4v) is 1.32. The molecule has 0 atom stereocenters. The third kappa shape index (κ3) is 1.48. The first kappa shape index (κ1) is 8.46. The number of aromatic nitrogens is 1. The van der Waals surface area contributed by atoms with Crippen molar-refractivity contribution in [2.45, 2.75) is 0 Å². The zero-order valence-corrected chi connectivity index (χ0v) is 7.40. The molecule has 0 radical (unpaired) electrons. The molecular weight excluding hydrogens is 174 g/mol. The van der Waals surface area contributed by atoms with Crippen LogP contribution in [0.1, 0.15) is 5.56 Å². The minimum atomic E-state index is 0.585. The van der Waals surface area contributed by atoms with Crippen molar-refractivity contribution in [3.63, 3.8) is 0 Å². The third-order valence-corrected chi connectivity index (χ3v) is 1.93. The smallest absolute Gasteiger partial charge is 0.193 e. The van der Waals surface area contributed by atoms with E-state index < -0.39 is 0 Å². The molecule has 1 aromatic carbocycles. The monoisotopic (exact) mass is 181 g/mol. The zero-order chi connectivity index (χ0) is 9.80. The number of rotatable bonds is 0. The average Bonchev–Trinajstić information content (AvgIpc) is 2.26. The fraction of sp³-hybridized carbons (Fsp3) is 0. The molecule has 0 saturated heterocycles. The number of hydrogen-bond acceptors (Lipinski definition) is 2. The van der Waals surface area contributed by atoms with E-state index in [4.69, 9.17) is 0 Å². The Labute approximate surface area is 81.6 Å². The van der Waals surface area contributed by atoms with Gasteiger partial charge in [0.25, 0.3) is 0 Å². The van der Waals surface area contributed by atoms with Gasteiger partial charge in [-0.1, -0.05) is 30.2 Å². The predicted molar refractivity (Wildman–Crippen MR) is 54.7 cm³/mol. The Balaban J connectivity index is 2.70. The fourth-order valence-electron chi connectivity index (χ4n) is 1.32. The van der Waals surface area contributed by atoms with E-state index in [1.807, 2.05) is 24.3 Å². The Kier molecular flexibility index (Phi) is 2.24. The first-order valence-corrected chi connectivity index (χ1v) is 4.20. The molecule has 0 unspecified atom stereocenters. The van der Waals surface area contributed by atoms with Gasteiger partial charge in [0, 0.05) is 23.2 Å². The highest BCUT2D eigenvalue weighted by atomic mass is 16.1. The quantitative estimate of drug-likeness (QED) is 0.458. The number of aldehydes is 1. The van der Waals surface area contributed by atoms with Crippen molar-refractivity contribution >= 4 is 17.1 Å². The van der Waals surface area contributed by atoms with Crippen molar-refractivity contribution in [1.82, 2.24) is 4.98 Å². The standard InChI is InChI=1S/C12H7NO/c14-7-3-5-11-9-13-8-10-4-1-2-6-12(10)11/h1-2,4,6-9H. The second-order valence-corrected chi connectivity index (χ2v) is 2.80. The van der Waals surface area contributed by atoms with Gasteiger partial charge in [-0.2, -0.15) is 0 Å². The van der Waals surface area contributed by atoms with E-state index in [0.29, 0.717) is 6.29 Å². The van der Waals surface area contributed by atoms with Gasteiger partial charge in [-0.25, -0.2) is 0 Å². The van der Waals surface area contributed by atoms with Gasteiger partial charge >= 0.3 is 0 Å². The highest BCUT2D eigenvalue weighted by molar-refractivity contribution is 5.88. The van der Waals surface area contributed by atoms with Crippen LogP contribution >= 0.6 is 0 Å². The minimum absolute atomic E-state index is 0.585. The summed E-state index contributed by atoms with van der Waals surface area (Å²) in [6, 6.07) is 7.82. The Bertz CT molecular complexity index is 529. The van der Waals surface area contributed by atoms with Crippen LogP contribution < -0.4 is 0 Å². The van der Waals surface area contributed by atoms with Crippen LogP contribution in [0.4, 0.5) is 0 Å². The van der Waals surface area contributed by atoms with Gasteiger partial charge in [-0.05, 0) is 5.92 Å². The molecular formula is C12H7NO. The Hall–Kier alpha value is -2.14. The molecule has 1 aromatic heterocycles. The van der Waals surface area contributed by atoms with Gasteiger partial charge in [0.15, 0.2) is 6.29 Å². The van der Waals surface area contributed by atoms with E-state index in [0.717, 1.165) is 16.3 Å². The summed E-state index contributed by atoms with van der Waals surface area (Å²) in [6.07, 6.45) is 4.03. The molecule has 2 heteroatoms. The van der Waals surface area contributed by atoms with E-state index in [2.05, 4.69) is 16.8 Å². The molecule has 0 bridgehead atoms. The molecule has 0 fully saturated rings. The largest absolute Gasteiger partial charge is 0.289 e. The molecule has 0 aliphatic heterocycles. The number of benzene rings is 1. The second kappa shape index (κ2) is 3.71. The van der Waals surface area contributed by atoms with Gasteiger partial charge in [-0.3, -0.25) is 9.78 Å². The summed E-state index contributed by atoms with van der Waals surface area (Å²) in [5.74, 6) is 5.14. The molecule has 0 spiro atoms. The van der Waals surface area contributed by atoms with Crippen LogP contribution in [0.15, 0.2) is 36.7 Å². The highest BCUT2D eigenvalue weighted by Crippen LogP contribution is 2.15. The van der Waals surface area contributed by atoms with Crippen molar-refractivity contribution in [1.29, 1.82) is 0 Å². The molecule has 2 nitrogen and oxygen atoms in total. The minimum Gasteiger partial charge on any atom is -0.289 e. The number of carbonyl (C=O) groups excluding carboxylic acids is 1. The predicted octanol–water partition coefficient (Wildman–Crippen LogP) is 1.79. The van der Waals surface area contributed by atoms with Crippen LogP contribution in [0.25, 0.3) is 10.8 Å². The second-order valence-electron chi connectivity index (χ2n) is 2.80. The van der Waals surface area contributed by atoms with Gasteiger partial charge in [-0.15, -0.1) is 0 Å². The Morgan fingerprint density at radius 1 is 1.21 bits per heavy atom. The lowest BCUT2D eigenvalue weighted by Crippen LogP contribution is -1.82. The number of hydrogen-bond donors (Lipinski definition) is 0. The number of nitrogens with zero attached hydrogens (tertiary/aromatic N) is 1. The summed E-state index contributed by atoms with van der Waals surface area (Å²) in [7, 11) is 0. The topological polar surface area (TPSA) is 30.0 Å². The third-order valence-electron chi connectivity index (χ3n) is 1.93. The molecule has 0 N–H and O–H groups in total. The van der Waals surface area contributed by atoms with E-state index in [1.165, 1.54) is 0 Å². The van der Waals surface area contributed by atoms with E-state index in [1.54, 1.807) is 12.4 Å². The Morgan fingerprint density at radius 3 is 2.93 bits per heavy atom. The van der Waals surface area contributed by atoms with Crippen LogP contribution in [-0.4, -0.2) is 11.3 Å². The average molecular weight is 181 g/mol. The maximum Gasteiger partial charge on any atom is 0.193 e. The van der Waals surface area contributed by atoms with Crippen LogP contribution in [0, 0.1) is 11.8 Å². The lowest BCUT2D eigenvalue weighted by molar-refractivity contribution is -0.103. The molecule has 2 rings (SSSR count). The maximum atomic E-state index is 10.1. The molecule has 66 valence electrons. The maximum absolute atomic E-state index is 10.1. The molecule has 0 aliphatic rings. The molecule has 14 heavy (non-hydrogen) atoms. The summed E-state index contributed by atoms with van der Waals surface area (Å²) in [6.45, 7) is 0. The van der Waals surface area contributed by atoms with E-state index in [-0.39, 0.29) is 0 Å². The lowest BCUT2D eigenvalue weighted by atomic mass is 10.1. The first-order valence-electron chi connectivity index (χ1n) is 4.20. The van der Waals surface area contributed by atoms with E-state index >= 15 is 0 Å². The summed E-state index contributed by atoms with van der Waals surface area (Å²) < 4.78 is 0. The summed E-state index contributed by atoms with van der Waals surface area (Å²) in [5.41, 5.74) is 0.787. The SMILES string of the molecule is O=CC#Cc1cncc2ccccc12. The summed E-state index contributed by atoms with van der Waals surface area (Å²) >= 11 is 0. The molecule has 0 aliphatic carbocycles.